The van der Waals surface area contributed by atoms with Crippen LogP contribution in [0.4, 0.5) is 11.5 Å². The molecule has 6 nitrogen and oxygen atoms in total. The summed E-state index contributed by atoms with van der Waals surface area (Å²) in [4.78, 5) is 20.0. The van der Waals surface area contributed by atoms with Crippen molar-refractivity contribution in [3.05, 3.63) is 46.3 Å². The molecule has 0 saturated heterocycles. The van der Waals surface area contributed by atoms with Gasteiger partial charge in [0.1, 0.15) is 4.60 Å². The number of nitrogen functional groups attached to an aromatic ring is 1. The van der Waals surface area contributed by atoms with Crippen molar-refractivity contribution in [2.45, 2.75) is 6.92 Å². The second-order valence-corrected chi connectivity index (χ2v) is 4.67. The minimum atomic E-state index is -0.247. The first-order valence-corrected chi connectivity index (χ1v) is 6.25. The van der Waals surface area contributed by atoms with Gasteiger partial charge in [-0.2, -0.15) is 0 Å². The molecule has 7 heteroatoms. The SMILES string of the molecule is Cc1cc(C(=O)Nc2cnc(Br)cn2)ccc1NN. The zero-order valence-corrected chi connectivity index (χ0v) is 11.7. The zero-order valence-electron chi connectivity index (χ0n) is 10.1. The maximum absolute atomic E-state index is 12.0. The third kappa shape index (κ3) is 3.27. The van der Waals surface area contributed by atoms with Crippen LogP contribution in [-0.2, 0) is 0 Å². The van der Waals surface area contributed by atoms with E-state index in [0.717, 1.165) is 11.3 Å². The number of amides is 1. The highest BCUT2D eigenvalue weighted by Gasteiger charge is 2.08. The highest BCUT2D eigenvalue weighted by Crippen LogP contribution is 2.16. The number of aryl methyl sites for hydroxylation is 1. The van der Waals surface area contributed by atoms with Crippen molar-refractivity contribution in [2.75, 3.05) is 10.7 Å². The van der Waals surface area contributed by atoms with E-state index in [9.17, 15) is 4.79 Å². The predicted molar refractivity (Wildman–Crippen MR) is 76.7 cm³/mol. The lowest BCUT2D eigenvalue weighted by Gasteiger charge is -2.08. The van der Waals surface area contributed by atoms with E-state index in [2.05, 4.69) is 36.6 Å². The maximum atomic E-state index is 12.0. The van der Waals surface area contributed by atoms with Crippen LogP contribution in [0, 0.1) is 6.92 Å². The average Bonchev–Trinajstić information content (AvgIpc) is 2.41. The van der Waals surface area contributed by atoms with Crippen molar-refractivity contribution in [2.24, 2.45) is 5.84 Å². The molecule has 0 aliphatic carbocycles. The van der Waals surface area contributed by atoms with Gasteiger partial charge in [0, 0.05) is 5.56 Å². The number of carbonyl (C=O) groups excluding carboxylic acids is 1. The van der Waals surface area contributed by atoms with E-state index < -0.39 is 0 Å². The monoisotopic (exact) mass is 321 g/mol. The van der Waals surface area contributed by atoms with E-state index in [1.165, 1.54) is 12.4 Å². The fourth-order valence-electron chi connectivity index (χ4n) is 1.53. The average molecular weight is 322 g/mol. The summed E-state index contributed by atoms with van der Waals surface area (Å²) >= 11 is 3.18. The first kappa shape index (κ1) is 13.4. The van der Waals surface area contributed by atoms with Gasteiger partial charge in [-0.3, -0.25) is 10.6 Å². The van der Waals surface area contributed by atoms with Crippen LogP contribution >= 0.6 is 15.9 Å². The summed E-state index contributed by atoms with van der Waals surface area (Å²) in [5.74, 6) is 5.49. The molecule has 2 aromatic rings. The second kappa shape index (κ2) is 5.77. The molecule has 1 heterocycles. The predicted octanol–water partition coefficient (Wildman–Crippen LogP) is 2.09. The molecular weight excluding hydrogens is 310 g/mol. The number of hydrogen-bond acceptors (Lipinski definition) is 5. The quantitative estimate of drug-likeness (QED) is 0.594. The molecule has 98 valence electrons. The van der Waals surface area contributed by atoms with Gasteiger partial charge in [-0.15, -0.1) is 0 Å². The summed E-state index contributed by atoms with van der Waals surface area (Å²) in [5.41, 5.74) is 4.75. The van der Waals surface area contributed by atoms with Crippen molar-refractivity contribution in [1.29, 1.82) is 0 Å². The van der Waals surface area contributed by atoms with Crippen molar-refractivity contribution in [3.8, 4) is 0 Å². The van der Waals surface area contributed by atoms with Crippen molar-refractivity contribution in [1.82, 2.24) is 9.97 Å². The van der Waals surface area contributed by atoms with Crippen LogP contribution in [0.2, 0.25) is 0 Å². The lowest BCUT2D eigenvalue weighted by atomic mass is 10.1. The van der Waals surface area contributed by atoms with Crippen LogP contribution in [0.1, 0.15) is 15.9 Å². The van der Waals surface area contributed by atoms with Crippen LogP contribution in [-0.4, -0.2) is 15.9 Å². The molecule has 0 radical (unpaired) electrons. The Kier molecular flexibility index (Phi) is 4.08. The third-order valence-corrected chi connectivity index (χ3v) is 2.92. The molecule has 1 amide bonds. The van der Waals surface area contributed by atoms with Crippen LogP contribution in [0.3, 0.4) is 0 Å². The summed E-state index contributed by atoms with van der Waals surface area (Å²) in [6.07, 6.45) is 2.99. The van der Waals surface area contributed by atoms with Gasteiger partial charge in [0.25, 0.3) is 5.91 Å². The van der Waals surface area contributed by atoms with Crippen molar-refractivity contribution < 1.29 is 4.79 Å². The summed E-state index contributed by atoms with van der Waals surface area (Å²) in [7, 11) is 0. The molecule has 19 heavy (non-hydrogen) atoms. The molecule has 0 unspecified atom stereocenters. The molecule has 1 aromatic carbocycles. The number of aromatic nitrogens is 2. The number of halogens is 1. The van der Waals surface area contributed by atoms with E-state index in [1.54, 1.807) is 18.2 Å². The molecule has 0 aliphatic heterocycles. The topological polar surface area (TPSA) is 92.9 Å². The first-order valence-electron chi connectivity index (χ1n) is 5.46. The van der Waals surface area contributed by atoms with E-state index in [4.69, 9.17) is 5.84 Å². The molecule has 0 fully saturated rings. The van der Waals surface area contributed by atoms with Crippen molar-refractivity contribution in [3.63, 3.8) is 0 Å². The van der Waals surface area contributed by atoms with Crippen LogP contribution < -0.4 is 16.6 Å². The van der Waals surface area contributed by atoms with E-state index in [0.29, 0.717) is 16.0 Å². The van der Waals surface area contributed by atoms with Gasteiger partial charge < -0.3 is 10.7 Å². The molecule has 1 aromatic heterocycles. The maximum Gasteiger partial charge on any atom is 0.256 e. The number of nitrogens with one attached hydrogen (secondary N) is 2. The van der Waals surface area contributed by atoms with E-state index >= 15 is 0 Å². The smallest absolute Gasteiger partial charge is 0.256 e. The normalized spacial score (nSPS) is 10.1. The number of nitrogens with zero attached hydrogens (tertiary/aromatic N) is 2. The fourth-order valence-corrected chi connectivity index (χ4v) is 1.74. The molecule has 0 bridgehead atoms. The number of nitrogens with two attached hydrogens (primary N) is 1. The summed E-state index contributed by atoms with van der Waals surface area (Å²) in [5, 5.41) is 2.67. The highest BCUT2D eigenvalue weighted by atomic mass is 79.9. The van der Waals surface area contributed by atoms with Gasteiger partial charge >= 0.3 is 0 Å². The Balaban J connectivity index is 2.16. The van der Waals surface area contributed by atoms with E-state index in [-0.39, 0.29) is 5.91 Å². The molecule has 0 atom stereocenters. The van der Waals surface area contributed by atoms with Gasteiger partial charge in [0.05, 0.1) is 18.1 Å². The fraction of sp³-hybridized carbons (Fsp3) is 0.0833. The molecule has 4 N–H and O–H groups in total. The number of hydrazine groups is 1. The Labute approximate surface area is 118 Å². The summed E-state index contributed by atoms with van der Waals surface area (Å²) in [6, 6.07) is 5.18. The first-order chi connectivity index (χ1) is 9.10. The van der Waals surface area contributed by atoms with Crippen molar-refractivity contribution >= 4 is 33.3 Å². The lowest BCUT2D eigenvalue weighted by molar-refractivity contribution is 0.102. The highest BCUT2D eigenvalue weighted by molar-refractivity contribution is 9.10. The lowest BCUT2D eigenvalue weighted by Crippen LogP contribution is -2.14. The standard InChI is InChI=1S/C12H12BrN5O/c1-7-4-8(2-3-9(7)18-14)12(19)17-11-6-15-10(13)5-16-11/h2-6,18H,14H2,1H3,(H,16,17,19). The number of anilines is 2. The zero-order chi connectivity index (χ0) is 13.8. The van der Waals surface area contributed by atoms with Crippen LogP contribution in [0.5, 0.6) is 0 Å². The Morgan fingerprint density at radius 2 is 2.11 bits per heavy atom. The van der Waals surface area contributed by atoms with Gasteiger partial charge in [0.2, 0.25) is 0 Å². The second-order valence-electron chi connectivity index (χ2n) is 3.85. The Morgan fingerprint density at radius 1 is 1.32 bits per heavy atom. The Bertz CT molecular complexity index is 600. The number of carbonyl (C=O) groups is 1. The number of hydrogen-bond donors (Lipinski definition) is 3. The number of benzene rings is 1. The molecule has 0 spiro atoms. The number of rotatable bonds is 3. The minimum Gasteiger partial charge on any atom is -0.324 e. The molecule has 2 rings (SSSR count). The van der Waals surface area contributed by atoms with Gasteiger partial charge in [-0.05, 0) is 46.6 Å². The van der Waals surface area contributed by atoms with Gasteiger partial charge in [0.15, 0.2) is 5.82 Å². The van der Waals surface area contributed by atoms with E-state index in [1.807, 2.05) is 6.92 Å². The van der Waals surface area contributed by atoms with Gasteiger partial charge in [-0.25, -0.2) is 9.97 Å². The van der Waals surface area contributed by atoms with Crippen LogP contribution in [0.25, 0.3) is 0 Å². The summed E-state index contributed by atoms with van der Waals surface area (Å²) < 4.78 is 0.611. The molecule has 0 saturated carbocycles. The van der Waals surface area contributed by atoms with Crippen LogP contribution in [0.15, 0.2) is 35.2 Å². The molecular formula is C12H12BrN5O. The Morgan fingerprint density at radius 3 is 2.68 bits per heavy atom. The van der Waals surface area contributed by atoms with Gasteiger partial charge in [-0.1, -0.05) is 0 Å². The minimum absolute atomic E-state index is 0.247. The summed E-state index contributed by atoms with van der Waals surface area (Å²) in [6.45, 7) is 1.87. The third-order valence-electron chi connectivity index (χ3n) is 2.51. The largest absolute Gasteiger partial charge is 0.324 e. The Hall–Kier alpha value is -1.99. The molecule has 0 aliphatic rings.